The molecule has 0 spiro atoms. The van der Waals surface area contributed by atoms with E-state index in [9.17, 15) is 18.0 Å². The molecule has 1 aliphatic rings. The van der Waals surface area contributed by atoms with Crippen LogP contribution in [0.15, 0.2) is 89.8 Å². The van der Waals surface area contributed by atoms with Crippen molar-refractivity contribution in [1.29, 1.82) is 0 Å². The average molecular weight is 492 g/mol. The molecule has 2 amide bonds. The molecule has 0 atom stereocenters. The maximum atomic E-state index is 13.2. The summed E-state index contributed by atoms with van der Waals surface area (Å²) in [6, 6.07) is 24.3. The molecule has 7 nitrogen and oxygen atoms in total. The first-order valence-corrected chi connectivity index (χ1v) is 13.2. The fourth-order valence-corrected chi connectivity index (χ4v) is 5.75. The second kappa shape index (κ2) is 10.7. The zero-order chi connectivity index (χ0) is 24.8. The lowest BCUT2D eigenvalue weighted by molar-refractivity contribution is -0.121. The van der Waals surface area contributed by atoms with Gasteiger partial charge in [0.05, 0.1) is 10.6 Å². The first kappa shape index (κ1) is 24.5. The van der Waals surface area contributed by atoms with E-state index in [0.29, 0.717) is 43.7 Å². The van der Waals surface area contributed by atoms with Crippen molar-refractivity contribution in [1.82, 2.24) is 4.90 Å². The monoisotopic (exact) mass is 491 g/mol. The predicted octanol–water partition coefficient (Wildman–Crippen LogP) is 4.39. The van der Waals surface area contributed by atoms with Crippen molar-refractivity contribution in [3.8, 4) is 0 Å². The van der Waals surface area contributed by atoms with Gasteiger partial charge in [-0.25, -0.2) is 8.42 Å². The van der Waals surface area contributed by atoms with Gasteiger partial charge < -0.3 is 10.2 Å². The highest BCUT2D eigenvalue weighted by molar-refractivity contribution is 7.92. The third-order valence-corrected chi connectivity index (χ3v) is 8.13. The van der Waals surface area contributed by atoms with Gasteiger partial charge in [-0.3, -0.25) is 13.9 Å². The summed E-state index contributed by atoms with van der Waals surface area (Å²) in [5, 5.41) is 2.93. The van der Waals surface area contributed by atoms with E-state index in [4.69, 9.17) is 0 Å². The molecule has 3 aromatic carbocycles. The number of amides is 2. The van der Waals surface area contributed by atoms with Gasteiger partial charge in [0, 0.05) is 36.8 Å². The topological polar surface area (TPSA) is 86.8 Å². The molecule has 0 radical (unpaired) electrons. The molecule has 0 unspecified atom stereocenters. The van der Waals surface area contributed by atoms with Crippen molar-refractivity contribution in [2.75, 3.05) is 29.3 Å². The average Bonchev–Trinajstić information content (AvgIpc) is 2.90. The standard InChI is InChI=1S/C27H29N3O4S/c1-2-30(24-11-7-4-8-12-24)35(33,34)25-15-13-22(14-16-25)27(32)29-19-17-21(18-20-29)26(31)28-23-9-5-3-6-10-23/h3-16,21H,2,17-20H2,1H3,(H,28,31). The second-order valence-electron chi connectivity index (χ2n) is 8.45. The molecule has 0 bridgehead atoms. The number of hydrogen-bond acceptors (Lipinski definition) is 4. The summed E-state index contributed by atoms with van der Waals surface area (Å²) in [6.45, 7) is 3.03. The summed E-state index contributed by atoms with van der Waals surface area (Å²) < 4.78 is 27.7. The number of piperidine rings is 1. The summed E-state index contributed by atoms with van der Waals surface area (Å²) in [5.74, 6) is -0.340. The third kappa shape index (κ3) is 5.54. The molecule has 1 fully saturated rings. The van der Waals surface area contributed by atoms with E-state index in [1.807, 2.05) is 36.4 Å². The molecule has 0 aliphatic carbocycles. The fraction of sp³-hybridized carbons (Fsp3) is 0.259. The first-order valence-electron chi connectivity index (χ1n) is 11.7. The van der Waals surface area contributed by atoms with Gasteiger partial charge in [-0.15, -0.1) is 0 Å². The first-order chi connectivity index (χ1) is 16.9. The molecule has 1 N–H and O–H groups in total. The summed E-state index contributed by atoms with van der Waals surface area (Å²) >= 11 is 0. The van der Waals surface area contributed by atoms with Crippen molar-refractivity contribution >= 4 is 33.2 Å². The third-order valence-electron chi connectivity index (χ3n) is 6.21. The highest BCUT2D eigenvalue weighted by Crippen LogP contribution is 2.25. The Morgan fingerprint density at radius 3 is 2.03 bits per heavy atom. The van der Waals surface area contributed by atoms with Crippen LogP contribution in [0.3, 0.4) is 0 Å². The number of carbonyl (C=O) groups excluding carboxylic acids is 2. The molecule has 35 heavy (non-hydrogen) atoms. The number of nitrogens with one attached hydrogen (secondary N) is 1. The number of rotatable bonds is 7. The van der Waals surface area contributed by atoms with Gasteiger partial charge in [0.1, 0.15) is 0 Å². The molecule has 1 saturated heterocycles. The lowest BCUT2D eigenvalue weighted by Gasteiger charge is -2.31. The van der Waals surface area contributed by atoms with Crippen LogP contribution < -0.4 is 9.62 Å². The Morgan fingerprint density at radius 1 is 0.886 bits per heavy atom. The number of para-hydroxylation sites is 2. The fourth-order valence-electron chi connectivity index (χ4n) is 4.28. The molecular weight excluding hydrogens is 462 g/mol. The zero-order valence-electron chi connectivity index (χ0n) is 19.6. The highest BCUT2D eigenvalue weighted by atomic mass is 32.2. The highest BCUT2D eigenvalue weighted by Gasteiger charge is 2.29. The smallest absolute Gasteiger partial charge is 0.264 e. The molecule has 1 aliphatic heterocycles. The van der Waals surface area contributed by atoms with Gasteiger partial charge in [-0.05, 0) is 68.3 Å². The summed E-state index contributed by atoms with van der Waals surface area (Å²) in [6.07, 6.45) is 1.17. The summed E-state index contributed by atoms with van der Waals surface area (Å²) in [5.41, 5.74) is 1.79. The number of carbonyl (C=O) groups is 2. The van der Waals surface area contributed by atoms with Crippen LogP contribution in [0.4, 0.5) is 11.4 Å². The molecule has 182 valence electrons. The Hall–Kier alpha value is -3.65. The van der Waals surface area contributed by atoms with Gasteiger partial charge in [-0.1, -0.05) is 36.4 Å². The minimum absolute atomic E-state index is 0.0308. The molecule has 0 aromatic heterocycles. The summed E-state index contributed by atoms with van der Waals surface area (Å²) in [7, 11) is -3.75. The van der Waals surface area contributed by atoms with Crippen molar-refractivity contribution in [3.05, 3.63) is 90.5 Å². The van der Waals surface area contributed by atoms with E-state index >= 15 is 0 Å². The van der Waals surface area contributed by atoms with Crippen LogP contribution in [0.25, 0.3) is 0 Å². The van der Waals surface area contributed by atoms with E-state index in [0.717, 1.165) is 5.69 Å². The number of anilines is 2. The van der Waals surface area contributed by atoms with Gasteiger partial charge in [0.25, 0.3) is 15.9 Å². The van der Waals surface area contributed by atoms with Crippen molar-refractivity contribution in [3.63, 3.8) is 0 Å². The van der Waals surface area contributed by atoms with Gasteiger partial charge in [0.15, 0.2) is 0 Å². The zero-order valence-corrected chi connectivity index (χ0v) is 20.4. The second-order valence-corrected chi connectivity index (χ2v) is 10.3. The molecule has 8 heteroatoms. The van der Waals surface area contributed by atoms with E-state index < -0.39 is 10.0 Å². The van der Waals surface area contributed by atoms with Crippen LogP contribution in [0.2, 0.25) is 0 Å². The number of likely N-dealkylation sites (tertiary alicyclic amines) is 1. The molecule has 3 aromatic rings. The van der Waals surface area contributed by atoms with E-state index in [2.05, 4.69) is 5.32 Å². The maximum Gasteiger partial charge on any atom is 0.264 e. The van der Waals surface area contributed by atoms with E-state index in [1.54, 1.807) is 48.2 Å². The minimum Gasteiger partial charge on any atom is -0.339 e. The van der Waals surface area contributed by atoms with Crippen molar-refractivity contribution in [2.24, 2.45) is 5.92 Å². The molecule has 0 saturated carbocycles. The SMILES string of the molecule is CCN(c1ccccc1)S(=O)(=O)c1ccc(C(=O)N2CCC(C(=O)Nc3ccccc3)CC2)cc1. The number of nitrogens with zero attached hydrogens (tertiary/aromatic N) is 2. The Labute approximate surface area is 206 Å². The minimum atomic E-state index is -3.75. The van der Waals surface area contributed by atoms with Crippen LogP contribution in [0.5, 0.6) is 0 Å². The Kier molecular flexibility index (Phi) is 7.51. The van der Waals surface area contributed by atoms with E-state index in [-0.39, 0.29) is 22.6 Å². The summed E-state index contributed by atoms with van der Waals surface area (Å²) in [4.78, 5) is 27.4. The van der Waals surface area contributed by atoms with Gasteiger partial charge >= 0.3 is 0 Å². The van der Waals surface area contributed by atoms with Crippen LogP contribution >= 0.6 is 0 Å². The normalized spacial score (nSPS) is 14.4. The number of sulfonamides is 1. The van der Waals surface area contributed by atoms with Crippen molar-refractivity contribution in [2.45, 2.75) is 24.7 Å². The lowest BCUT2D eigenvalue weighted by atomic mass is 9.95. The number of hydrogen-bond donors (Lipinski definition) is 1. The van der Waals surface area contributed by atoms with Crippen LogP contribution in [0.1, 0.15) is 30.1 Å². The predicted molar refractivity (Wildman–Crippen MR) is 137 cm³/mol. The number of benzene rings is 3. The Morgan fingerprint density at radius 2 is 1.46 bits per heavy atom. The van der Waals surface area contributed by atoms with Crippen molar-refractivity contribution < 1.29 is 18.0 Å². The van der Waals surface area contributed by atoms with Crippen LogP contribution in [0, 0.1) is 5.92 Å². The quantitative estimate of drug-likeness (QED) is 0.531. The van der Waals surface area contributed by atoms with E-state index in [1.165, 1.54) is 16.4 Å². The molecule has 4 rings (SSSR count). The Balaban J connectivity index is 1.38. The largest absolute Gasteiger partial charge is 0.339 e. The molecule has 1 heterocycles. The van der Waals surface area contributed by atoms with Crippen LogP contribution in [-0.2, 0) is 14.8 Å². The lowest BCUT2D eigenvalue weighted by Crippen LogP contribution is -2.41. The maximum absolute atomic E-state index is 13.2. The Bertz CT molecular complexity index is 1250. The van der Waals surface area contributed by atoms with Gasteiger partial charge in [0.2, 0.25) is 5.91 Å². The van der Waals surface area contributed by atoms with Crippen LogP contribution in [-0.4, -0.2) is 44.8 Å². The van der Waals surface area contributed by atoms with Gasteiger partial charge in [-0.2, -0.15) is 0 Å². The molecular formula is C27H29N3O4S.